The first-order valence-corrected chi connectivity index (χ1v) is 7.38. The Morgan fingerprint density at radius 1 is 1.05 bits per heavy atom. The number of fused-ring (bicyclic) bond motifs is 1. The summed E-state index contributed by atoms with van der Waals surface area (Å²) in [6.07, 6.45) is 1.58. The molecule has 2 aromatic carbocycles. The van der Waals surface area contributed by atoms with Crippen molar-refractivity contribution in [2.24, 2.45) is 0 Å². The van der Waals surface area contributed by atoms with Gasteiger partial charge in [-0.05, 0) is 35.9 Å². The lowest BCUT2D eigenvalue weighted by Gasteiger charge is -2.17. The van der Waals surface area contributed by atoms with Crippen LogP contribution >= 0.6 is 11.6 Å². The Labute approximate surface area is 123 Å². The van der Waals surface area contributed by atoms with Crippen molar-refractivity contribution in [3.8, 4) is 0 Å². The number of rotatable bonds is 1. The summed E-state index contributed by atoms with van der Waals surface area (Å²) in [5.74, 6) is -0.486. The van der Waals surface area contributed by atoms with Crippen molar-refractivity contribution >= 4 is 34.4 Å². The molecule has 20 heavy (non-hydrogen) atoms. The van der Waals surface area contributed by atoms with Crippen molar-refractivity contribution in [2.75, 3.05) is 0 Å². The van der Waals surface area contributed by atoms with E-state index >= 15 is 0 Å². The summed E-state index contributed by atoms with van der Waals surface area (Å²) < 4.78 is 17.5. The molecule has 0 saturated carbocycles. The highest BCUT2D eigenvalue weighted by Crippen LogP contribution is 2.28. The number of benzene rings is 2. The zero-order valence-corrected chi connectivity index (χ0v) is 11.8. The number of carbonyl (C=O) groups is 1. The van der Waals surface area contributed by atoms with E-state index in [0.29, 0.717) is 15.5 Å². The molecule has 3 rings (SSSR count). The highest BCUT2D eigenvalue weighted by Gasteiger charge is 2.28. The summed E-state index contributed by atoms with van der Waals surface area (Å²) in [7, 11) is -1.49. The van der Waals surface area contributed by atoms with Crippen LogP contribution in [-0.4, -0.2) is 10.2 Å². The van der Waals surface area contributed by atoms with Crippen LogP contribution in [0, 0.1) is 0 Å². The van der Waals surface area contributed by atoms with E-state index in [1.165, 1.54) is 0 Å². The minimum Gasteiger partial charge on any atom is -0.413 e. The van der Waals surface area contributed by atoms with Gasteiger partial charge >= 0.3 is 5.97 Å². The first kappa shape index (κ1) is 13.1. The number of hydrogen-bond acceptors (Lipinski definition) is 3. The van der Waals surface area contributed by atoms with E-state index in [-0.39, 0.29) is 5.09 Å². The molecule has 0 N–H and O–H groups in total. The predicted octanol–water partition coefficient (Wildman–Crippen LogP) is 3.62. The Kier molecular flexibility index (Phi) is 3.42. The molecule has 0 radical (unpaired) electrons. The Bertz CT molecular complexity index is 735. The molecule has 100 valence electrons. The third kappa shape index (κ3) is 2.40. The topological polar surface area (TPSA) is 43.4 Å². The van der Waals surface area contributed by atoms with Gasteiger partial charge in [0.05, 0.1) is 10.5 Å². The SMILES string of the molecule is O=C1O/C(=C\c2ccc(Cl)cc2)S(=O)c2ccccc21. The van der Waals surface area contributed by atoms with Crippen LogP contribution < -0.4 is 0 Å². The van der Waals surface area contributed by atoms with Crippen molar-refractivity contribution in [2.45, 2.75) is 4.90 Å². The summed E-state index contributed by atoms with van der Waals surface area (Å²) in [5.41, 5.74) is 1.11. The number of cyclic esters (lactones) is 1. The van der Waals surface area contributed by atoms with Gasteiger partial charge in [-0.3, -0.25) is 0 Å². The summed E-state index contributed by atoms with van der Waals surface area (Å²) in [5, 5.41) is 0.746. The van der Waals surface area contributed by atoms with Gasteiger partial charge in [0, 0.05) is 5.02 Å². The first-order valence-electron chi connectivity index (χ1n) is 5.85. The standard InChI is InChI=1S/C15H9ClO3S/c16-11-7-5-10(6-8-11)9-14-19-15(17)12-3-1-2-4-13(12)20(14)18/h1-9H/b14-9+. The molecule has 0 aliphatic carbocycles. The first-order chi connectivity index (χ1) is 9.65. The number of ether oxygens (including phenoxy) is 1. The molecule has 3 nitrogen and oxygen atoms in total. The van der Waals surface area contributed by atoms with Gasteiger partial charge in [0.25, 0.3) is 0 Å². The molecule has 1 unspecified atom stereocenters. The summed E-state index contributed by atoms with van der Waals surface area (Å²) in [4.78, 5) is 12.3. The van der Waals surface area contributed by atoms with Gasteiger partial charge in [0.2, 0.25) is 0 Å². The third-order valence-corrected chi connectivity index (χ3v) is 4.41. The minimum atomic E-state index is -1.49. The molecule has 1 aliphatic rings. The number of esters is 1. The van der Waals surface area contributed by atoms with Gasteiger partial charge in [-0.15, -0.1) is 0 Å². The lowest BCUT2D eigenvalue weighted by atomic mass is 10.2. The molecule has 0 saturated heterocycles. The van der Waals surface area contributed by atoms with Crippen molar-refractivity contribution in [1.82, 2.24) is 0 Å². The van der Waals surface area contributed by atoms with Crippen LogP contribution in [0.4, 0.5) is 0 Å². The molecule has 1 atom stereocenters. The Morgan fingerprint density at radius 2 is 1.75 bits per heavy atom. The van der Waals surface area contributed by atoms with E-state index < -0.39 is 16.8 Å². The fourth-order valence-electron chi connectivity index (χ4n) is 1.87. The lowest BCUT2D eigenvalue weighted by molar-refractivity contribution is 0.0641. The average molecular weight is 305 g/mol. The maximum atomic E-state index is 12.4. The van der Waals surface area contributed by atoms with E-state index in [0.717, 1.165) is 5.56 Å². The van der Waals surface area contributed by atoms with Gasteiger partial charge in [0.1, 0.15) is 10.8 Å². The quantitative estimate of drug-likeness (QED) is 0.756. The maximum Gasteiger partial charge on any atom is 0.345 e. The van der Waals surface area contributed by atoms with Crippen molar-refractivity contribution in [1.29, 1.82) is 0 Å². The largest absolute Gasteiger partial charge is 0.413 e. The molecule has 0 aromatic heterocycles. The highest BCUT2D eigenvalue weighted by atomic mass is 35.5. The molecule has 0 spiro atoms. The van der Waals surface area contributed by atoms with Gasteiger partial charge in [-0.2, -0.15) is 0 Å². The van der Waals surface area contributed by atoms with Crippen LogP contribution in [0.25, 0.3) is 6.08 Å². The zero-order valence-electron chi connectivity index (χ0n) is 10.2. The number of halogens is 1. The second-order valence-corrected chi connectivity index (χ2v) is 5.99. The Morgan fingerprint density at radius 3 is 2.50 bits per heavy atom. The van der Waals surface area contributed by atoms with Gasteiger partial charge in [-0.1, -0.05) is 35.9 Å². The van der Waals surface area contributed by atoms with Crippen molar-refractivity contribution in [3.63, 3.8) is 0 Å². The van der Waals surface area contributed by atoms with Crippen LogP contribution in [-0.2, 0) is 15.5 Å². The van der Waals surface area contributed by atoms with Gasteiger partial charge < -0.3 is 4.74 Å². The van der Waals surface area contributed by atoms with Crippen LogP contribution in [0.2, 0.25) is 5.02 Å². The molecule has 1 aliphatic heterocycles. The zero-order chi connectivity index (χ0) is 14.1. The summed E-state index contributed by atoms with van der Waals surface area (Å²) in [6, 6.07) is 13.7. The summed E-state index contributed by atoms with van der Waals surface area (Å²) >= 11 is 5.81. The fourth-order valence-corrected chi connectivity index (χ4v) is 3.16. The van der Waals surface area contributed by atoms with E-state index in [1.54, 1.807) is 54.6 Å². The van der Waals surface area contributed by atoms with Crippen molar-refractivity contribution < 1.29 is 13.7 Å². The second kappa shape index (κ2) is 5.23. The molecule has 1 heterocycles. The Balaban J connectivity index is 2.03. The third-order valence-electron chi connectivity index (χ3n) is 2.84. The maximum absolute atomic E-state index is 12.4. The second-order valence-electron chi connectivity index (χ2n) is 4.17. The monoisotopic (exact) mass is 304 g/mol. The molecule has 0 fully saturated rings. The number of carbonyl (C=O) groups excluding carboxylic acids is 1. The van der Waals surface area contributed by atoms with E-state index in [1.807, 2.05) is 0 Å². The van der Waals surface area contributed by atoms with Gasteiger partial charge in [0.15, 0.2) is 5.09 Å². The lowest BCUT2D eigenvalue weighted by Crippen LogP contribution is -2.17. The molecule has 0 amide bonds. The molecular formula is C15H9ClO3S. The molecule has 0 bridgehead atoms. The summed E-state index contributed by atoms with van der Waals surface area (Å²) in [6.45, 7) is 0. The average Bonchev–Trinajstić information content (AvgIpc) is 2.47. The van der Waals surface area contributed by atoms with E-state index in [2.05, 4.69) is 0 Å². The Hall–Kier alpha value is -1.91. The predicted molar refractivity (Wildman–Crippen MR) is 77.7 cm³/mol. The fraction of sp³-hybridized carbons (Fsp3) is 0. The van der Waals surface area contributed by atoms with Crippen LogP contribution in [0.15, 0.2) is 58.5 Å². The van der Waals surface area contributed by atoms with Crippen LogP contribution in [0.3, 0.4) is 0 Å². The number of hydrogen-bond donors (Lipinski definition) is 0. The van der Waals surface area contributed by atoms with Crippen LogP contribution in [0.5, 0.6) is 0 Å². The molecule has 5 heteroatoms. The normalized spacial score (nSPS) is 19.6. The van der Waals surface area contributed by atoms with Crippen LogP contribution in [0.1, 0.15) is 15.9 Å². The van der Waals surface area contributed by atoms with E-state index in [4.69, 9.17) is 16.3 Å². The highest BCUT2D eigenvalue weighted by molar-refractivity contribution is 7.89. The van der Waals surface area contributed by atoms with Gasteiger partial charge in [-0.25, -0.2) is 9.00 Å². The molecular weight excluding hydrogens is 296 g/mol. The van der Waals surface area contributed by atoms with E-state index in [9.17, 15) is 9.00 Å². The molecule has 2 aromatic rings. The smallest absolute Gasteiger partial charge is 0.345 e. The van der Waals surface area contributed by atoms with Crippen molar-refractivity contribution in [3.05, 3.63) is 69.8 Å². The minimum absolute atomic E-state index is 0.135.